The molecule has 1 unspecified atom stereocenters. The van der Waals surface area contributed by atoms with E-state index in [0.29, 0.717) is 0 Å². The van der Waals surface area contributed by atoms with E-state index in [1.165, 1.54) is 5.56 Å². The summed E-state index contributed by atoms with van der Waals surface area (Å²) < 4.78 is 0. The third-order valence-electron chi connectivity index (χ3n) is 3.21. The molecule has 1 aliphatic rings. The third-order valence-corrected chi connectivity index (χ3v) is 3.91. The van der Waals surface area contributed by atoms with Crippen LogP contribution in [0.15, 0.2) is 24.3 Å². The van der Waals surface area contributed by atoms with Crippen LogP contribution in [0.25, 0.3) is 0 Å². The number of thioether (sulfide) groups is 1. The number of aryl methyl sites for hydroxylation is 1. The van der Waals surface area contributed by atoms with Gasteiger partial charge in [-0.15, -0.1) is 0 Å². The Morgan fingerprint density at radius 3 is 3.11 bits per heavy atom. The van der Waals surface area contributed by atoms with Crippen LogP contribution in [-0.4, -0.2) is 30.5 Å². The molecule has 2 rings (SSSR count). The number of amides is 1. The zero-order chi connectivity index (χ0) is 12.8. The van der Waals surface area contributed by atoms with Crippen molar-refractivity contribution < 1.29 is 4.79 Å². The lowest BCUT2D eigenvalue weighted by Crippen LogP contribution is -2.40. The Hall–Kier alpha value is -1.00. The van der Waals surface area contributed by atoms with Gasteiger partial charge in [-0.05, 0) is 49.4 Å². The Morgan fingerprint density at radius 2 is 2.28 bits per heavy atom. The summed E-state index contributed by atoms with van der Waals surface area (Å²) in [4.78, 5) is 12.1. The average molecular weight is 264 g/mol. The molecule has 0 saturated heterocycles. The lowest BCUT2D eigenvalue weighted by atomic mass is 10.1. The van der Waals surface area contributed by atoms with E-state index in [9.17, 15) is 4.79 Å². The maximum absolute atomic E-state index is 12.1. The Bertz CT molecular complexity index is 409. The Labute approximate surface area is 113 Å². The van der Waals surface area contributed by atoms with Crippen molar-refractivity contribution in [2.75, 3.05) is 23.9 Å². The van der Waals surface area contributed by atoms with Gasteiger partial charge in [0.2, 0.25) is 5.91 Å². The first-order valence-electron chi connectivity index (χ1n) is 6.42. The molecule has 0 aliphatic carbocycles. The molecule has 0 fully saturated rings. The zero-order valence-corrected chi connectivity index (χ0v) is 11.6. The summed E-state index contributed by atoms with van der Waals surface area (Å²) in [6.45, 7) is 0.912. The number of anilines is 1. The summed E-state index contributed by atoms with van der Waals surface area (Å²) in [5, 5.41) is 6.36. The van der Waals surface area contributed by atoms with Gasteiger partial charge >= 0.3 is 0 Å². The van der Waals surface area contributed by atoms with Crippen LogP contribution in [0, 0.1) is 0 Å². The third kappa shape index (κ3) is 3.50. The molecule has 1 atom stereocenters. The van der Waals surface area contributed by atoms with Gasteiger partial charge in [0.1, 0.15) is 0 Å². The second-order valence-electron chi connectivity index (χ2n) is 4.54. The van der Waals surface area contributed by atoms with Gasteiger partial charge in [-0.2, -0.15) is 11.8 Å². The Balaban J connectivity index is 1.91. The van der Waals surface area contributed by atoms with Crippen molar-refractivity contribution in [1.29, 1.82) is 0 Å². The summed E-state index contributed by atoms with van der Waals surface area (Å²) in [7, 11) is 0. The van der Waals surface area contributed by atoms with Gasteiger partial charge in [-0.3, -0.25) is 4.79 Å². The Morgan fingerprint density at radius 1 is 1.44 bits per heavy atom. The maximum Gasteiger partial charge on any atom is 0.241 e. The van der Waals surface area contributed by atoms with Gasteiger partial charge < -0.3 is 10.6 Å². The quantitative estimate of drug-likeness (QED) is 0.802. The molecule has 0 saturated carbocycles. The van der Waals surface area contributed by atoms with Gasteiger partial charge in [0, 0.05) is 5.69 Å². The molecule has 1 aliphatic heterocycles. The second kappa shape index (κ2) is 6.81. The number of carbonyl (C=O) groups excluding carboxylic acids is 1. The molecule has 4 heteroatoms. The highest BCUT2D eigenvalue weighted by Crippen LogP contribution is 2.21. The van der Waals surface area contributed by atoms with Crippen molar-refractivity contribution in [2.45, 2.75) is 25.3 Å². The summed E-state index contributed by atoms with van der Waals surface area (Å²) in [6.07, 6.45) is 5.05. The van der Waals surface area contributed by atoms with Gasteiger partial charge in [0.05, 0.1) is 6.04 Å². The lowest BCUT2D eigenvalue weighted by Gasteiger charge is -2.14. The molecule has 1 amide bonds. The first kappa shape index (κ1) is 13.4. The number of fused-ring (bicyclic) bond motifs is 1. The van der Waals surface area contributed by atoms with Crippen LogP contribution in [0.1, 0.15) is 18.4 Å². The molecule has 3 nitrogen and oxygen atoms in total. The lowest BCUT2D eigenvalue weighted by molar-refractivity contribution is -0.118. The SMILES string of the molecule is CSCCCNC1CCc2ccccc2NC1=O. The van der Waals surface area contributed by atoms with Crippen molar-refractivity contribution >= 4 is 23.4 Å². The number of benzene rings is 1. The fraction of sp³-hybridized carbons (Fsp3) is 0.500. The van der Waals surface area contributed by atoms with Gasteiger partial charge in [-0.25, -0.2) is 0 Å². The number of hydrogen-bond acceptors (Lipinski definition) is 3. The highest BCUT2D eigenvalue weighted by atomic mass is 32.2. The van der Waals surface area contributed by atoms with Crippen LogP contribution in [0.2, 0.25) is 0 Å². The standard InChI is InChI=1S/C14H20N2OS/c1-18-10-4-9-15-13-8-7-11-5-2-3-6-12(11)16-14(13)17/h2-3,5-6,13,15H,4,7-10H2,1H3,(H,16,17). The molecule has 2 N–H and O–H groups in total. The minimum Gasteiger partial charge on any atom is -0.324 e. The highest BCUT2D eigenvalue weighted by molar-refractivity contribution is 7.98. The molecule has 98 valence electrons. The molecule has 1 heterocycles. The van der Waals surface area contributed by atoms with E-state index in [0.717, 1.165) is 37.2 Å². The summed E-state index contributed by atoms with van der Waals surface area (Å²) >= 11 is 1.84. The van der Waals surface area contributed by atoms with Gasteiger partial charge in [-0.1, -0.05) is 18.2 Å². The number of para-hydroxylation sites is 1. The van der Waals surface area contributed by atoms with E-state index in [2.05, 4.69) is 23.0 Å². The van der Waals surface area contributed by atoms with Gasteiger partial charge in [0.15, 0.2) is 0 Å². The van der Waals surface area contributed by atoms with E-state index in [1.807, 2.05) is 30.0 Å². The molecule has 1 aromatic carbocycles. The first-order valence-corrected chi connectivity index (χ1v) is 7.81. The predicted molar refractivity (Wildman–Crippen MR) is 78.2 cm³/mol. The molecule has 0 radical (unpaired) electrons. The van der Waals surface area contributed by atoms with Crippen molar-refractivity contribution in [3.05, 3.63) is 29.8 Å². The maximum atomic E-state index is 12.1. The molecule has 0 bridgehead atoms. The highest BCUT2D eigenvalue weighted by Gasteiger charge is 2.22. The van der Waals surface area contributed by atoms with E-state index in [1.54, 1.807) is 0 Å². The summed E-state index contributed by atoms with van der Waals surface area (Å²) in [5.41, 5.74) is 2.20. The summed E-state index contributed by atoms with van der Waals surface area (Å²) in [6, 6.07) is 8.00. The average Bonchev–Trinajstić information content (AvgIpc) is 2.54. The fourth-order valence-corrected chi connectivity index (χ4v) is 2.63. The monoisotopic (exact) mass is 264 g/mol. The van der Waals surface area contributed by atoms with Crippen LogP contribution < -0.4 is 10.6 Å². The largest absolute Gasteiger partial charge is 0.324 e. The van der Waals surface area contributed by atoms with Crippen LogP contribution in [0.5, 0.6) is 0 Å². The minimum absolute atomic E-state index is 0.0562. The van der Waals surface area contributed by atoms with Crippen molar-refractivity contribution in [2.24, 2.45) is 0 Å². The summed E-state index contributed by atoms with van der Waals surface area (Å²) in [5.74, 6) is 1.24. The molecule has 18 heavy (non-hydrogen) atoms. The number of carbonyl (C=O) groups is 1. The minimum atomic E-state index is -0.0562. The van der Waals surface area contributed by atoms with Crippen molar-refractivity contribution in [1.82, 2.24) is 5.32 Å². The fourth-order valence-electron chi connectivity index (χ4n) is 2.20. The van der Waals surface area contributed by atoms with Crippen molar-refractivity contribution in [3.8, 4) is 0 Å². The van der Waals surface area contributed by atoms with E-state index >= 15 is 0 Å². The van der Waals surface area contributed by atoms with Crippen molar-refractivity contribution in [3.63, 3.8) is 0 Å². The normalized spacial score (nSPS) is 18.9. The van der Waals surface area contributed by atoms with Crippen LogP contribution in [0.4, 0.5) is 5.69 Å². The Kier molecular flexibility index (Phi) is 5.08. The van der Waals surface area contributed by atoms with Crippen LogP contribution in [0.3, 0.4) is 0 Å². The number of nitrogens with one attached hydrogen (secondary N) is 2. The number of hydrogen-bond donors (Lipinski definition) is 2. The zero-order valence-electron chi connectivity index (χ0n) is 10.7. The number of rotatable bonds is 5. The van der Waals surface area contributed by atoms with E-state index in [4.69, 9.17) is 0 Å². The first-order chi connectivity index (χ1) is 8.81. The molecular weight excluding hydrogens is 244 g/mol. The molecular formula is C14H20N2OS. The predicted octanol–water partition coefficient (Wildman–Crippen LogP) is 2.28. The second-order valence-corrected chi connectivity index (χ2v) is 5.52. The van der Waals surface area contributed by atoms with Crippen LogP contribution >= 0.6 is 11.8 Å². The molecule has 1 aromatic rings. The smallest absolute Gasteiger partial charge is 0.241 e. The molecule has 0 spiro atoms. The molecule has 0 aromatic heterocycles. The van der Waals surface area contributed by atoms with E-state index in [-0.39, 0.29) is 11.9 Å². The topological polar surface area (TPSA) is 41.1 Å². The van der Waals surface area contributed by atoms with Crippen LogP contribution in [-0.2, 0) is 11.2 Å². The van der Waals surface area contributed by atoms with E-state index < -0.39 is 0 Å². The van der Waals surface area contributed by atoms with Gasteiger partial charge in [0.25, 0.3) is 0 Å².